The molecule has 2 nitrogen and oxygen atoms in total. The normalized spacial score (nSPS) is 28.1. The Morgan fingerprint density at radius 1 is 1.50 bits per heavy atom. The van der Waals surface area contributed by atoms with Crippen LogP contribution in [0.4, 0.5) is 0 Å². The SMILES string of the molecule is CC1=CC(COC(=O)C(C)C)C(C)(C)[C@H]1C. The van der Waals surface area contributed by atoms with Gasteiger partial charge >= 0.3 is 5.97 Å². The average molecular weight is 224 g/mol. The van der Waals surface area contributed by atoms with E-state index in [-0.39, 0.29) is 17.3 Å². The molecule has 0 saturated carbocycles. The minimum Gasteiger partial charge on any atom is -0.465 e. The molecule has 0 saturated heterocycles. The van der Waals surface area contributed by atoms with E-state index in [1.807, 2.05) is 13.8 Å². The first-order valence-corrected chi connectivity index (χ1v) is 6.11. The summed E-state index contributed by atoms with van der Waals surface area (Å²) in [6.45, 7) is 13.2. The highest BCUT2D eigenvalue weighted by Crippen LogP contribution is 2.46. The first-order valence-electron chi connectivity index (χ1n) is 6.11. The maximum Gasteiger partial charge on any atom is 0.308 e. The van der Waals surface area contributed by atoms with Gasteiger partial charge in [0.15, 0.2) is 0 Å². The molecule has 0 heterocycles. The first-order chi connectivity index (χ1) is 7.26. The molecular formula is C14H24O2. The third-order valence-electron chi connectivity index (χ3n) is 4.10. The molecule has 2 heteroatoms. The monoisotopic (exact) mass is 224 g/mol. The van der Waals surface area contributed by atoms with Crippen LogP contribution in [0.15, 0.2) is 11.6 Å². The van der Waals surface area contributed by atoms with Crippen LogP contribution in [0.5, 0.6) is 0 Å². The standard InChI is InChI=1S/C14H24O2/c1-9(2)13(15)16-8-12-7-10(3)11(4)14(12,5)6/h7,9,11-12H,8H2,1-6H3/t11-,12?/m0/s1. The number of carbonyl (C=O) groups excluding carboxylic acids is 1. The zero-order valence-electron chi connectivity index (χ0n) is 11.3. The van der Waals surface area contributed by atoms with Crippen LogP contribution < -0.4 is 0 Å². The van der Waals surface area contributed by atoms with Gasteiger partial charge in [0, 0.05) is 5.92 Å². The molecule has 0 aromatic rings. The molecule has 0 N–H and O–H groups in total. The fourth-order valence-electron chi connectivity index (χ4n) is 2.19. The highest BCUT2D eigenvalue weighted by atomic mass is 16.5. The van der Waals surface area contributed by atoms with Gasteiger partial charge in [-0.15, -0.1) is 0 Å². The van der Waals surface area contributed by atoms with E-state index >= 15 is 0 Å². The molecule has 0 spiro atoms. The highest BCUT2D eigenvalue weighted by molar-refractivity contribution is 5.71. The summed E-state index contributed by atoms with van der Waals surface area (Å²) >= 11 is 0. The molecule has 0 fully saturated rings. The maximum absolute atomic E-state index is 11.4. The van der Waals surface area contributed by atoms with Crippen molar-refractivity contribution < 1.29 is 9.53 Å². The van der Waals surface area contributed by atoms with Crippen molar-refractivity contribution in [2.45, 2.75) is 41.5 Å². The van der Waals surface area contributed by atoms with Crippen LogP contribution in [0.25, 0.3) is 0 Å². The van der Waals surface area contributed by atoms with E-state index in [1.165, 1.54) is 5.57 Å². The number of hydrogen-bond acceptors (Lipinski definition) is 2. The molecule has 1 unspecified atom stereocenters. The topological polar surface area (TPSA) is 26.3 Å². The predicted octanol–water partition coefficient (Wildman–Crippen LogP) is 3.42. The van der Waals surface area contributed by atoms with Crippen molar-refractivity contribution in [3.8, 4) is 0 Å². The van der Waals surface area contributed by atoms with Gasteiger partial charge in [0.1, 0.15) is 0 Å². The van der Waals surface area contributed by atoms with E-state index in [0.29, 0.717) is 18.4 Å². The molecule has 0 aromatic carbocycles. The molecule has 0 aliphatic heterocycles. The van der Waals surface area contributed by atoms with Crippen molar-refractivity contribution in [3.63, 3.8) is 0 Å². The molecule has 1 aliphatic carbocycles. The second-order valence-corrected chi connectivity index (χ2v) is 5.84. The van der Waals surface area contributed by atoms with E-state index < -0.39 is 0 Å². The maximum atomic E-state index is 11.4. The average Bonchev–Trinajstić information content (AvgIpc) is 2.38. The van der Waals surface area contributed by atoms with Crippen LogP contribution in [0.3, 0.4) is 0 Å². The van der Waals surface area contributed by atoms with Crippen LogP contribution in [0.1, 0.15) is 41.5 Å². The quantitative estimate of drug-likeness (QED) is 0.542. The lowest BCUT2D eigenvalue weighted by Gasteiger charge is -2.32. The number of carbonyl (C=O) groups is 1. The summed E-state index contributed by atoms with van der Waals surface area (Å²) in [6, 6.07) is 0. The predicted molar refractivity (Wildman–Crippen MR) is 66.0 cm³/mol. The summed E-state index contributed by atoms with van der Waals surface area (Å²) in [4.78, 5) is 11.4. The van der Waals surface area contributed by atoms with Gasteiger partial charge in [-0.1, -0.05) is 46.3 Å². The molecule has 16 heavy (non-hydrogen) atoms. The van der Waals surface area contributed by atoms with E-state index in [9.17, 15) is 4.79 Å². The fraction of sp³-hybridized carbons (Fsp3) is 0.786. The largest absolute Gasteiger partial charge is 0.465 e. The van der Waals surface area contributed by atoms with Crippen molar-refractivity contribution in [2.24, 2.45) is 23.2 Å². The van der Waals surface area contributed by atoms with E-state index in [4.69, 9.17) is 4.74 Å². The van der Waals surface area contributed by atoms with Crippen LogP contribution in [0, 0.1) is 23.2 Å². The number of allylic oxidation sites excluding steroid dienone is 1. The Morgan fingerprint density at radius 3 is 2.44 bits per heavy atom. The second kappa shape index (κ2) is 4.60. The summed E-state index contributed by atoms with van der Waals surface area (Å²) in [7, 11) is 0. The van der Waals surface area contributed by atoms with Crippen LogP contribution in [-0.2, 0) is 9.53 Å². The minimum absolute atomic E-state index is 0.0352. The molecule has 1 rings (SSSR count). The van der Waals surface area contributed by atoms with E-state index in [2.05, 4.69) is 33.8 Å². The Labute approximate surface area is 99.1 Å². The Hall–Kier alpha value is -0.790. The van der Waals surface area contributed by atoms with Gasteiger partial charge in [-0.3, -0.25) is 4.79 Å². The van der Waals surface area contributed by atoms with Crippen molar-refractivity contribution in [1.29, 1.82) is 0 Å². The molecule has 0 aromatic heterocycles. The minimum atomic E-state index is -0.0959. The van der Waals surface area contributed by atoms with Crippen LogP contribution in [-0.4, -0.2) is 12.6 Å². The summed E-state index contributed by atoms with van der Waals surface area (Å²) in [5.74, 6) is 0.786. The molecule has 1 aliphatic rings. The lowest BCUT2D eigenvalue weighted by atomic mass is 9.74. The highest BCUT2D eigenvalue weighted by Gasteiger charge is 2.40. The Kier molecular flexibility index (Phi) is 3.82. The zero-order chi connectivity index (χ0) is 12.5. The summed E-state index contributed by atoms with van der Waals surface area (Å²) < 4.78 is 5.34. The third kappa shape index (κ3) is 2.47. The number of rotatable bonds is 3. The molecule has 2 atom stereocenters. The van der Waals surface area contributed by atoms with Gasteiger partial charge in [0.05, 0.1) is 12.5 Å². The number of esters is 1. The lowest BCUT2D eigenvalue weighted by molar-refractivity contribution is -0.149. The van der Waals surface area contributed by atoms with Gasteiger partial charge in [-0.25, -0.2) is 0 Å². The number of ether oxygens (including phenoxy) is 1. The third-order valence-corrected chi connectivity index (χ3v) is 4.10. The Morgan fingerprint density at radius 2 is 2.06 bits per heavy atom. The molecule has 92 valence electrons. The van der Waals surface area contributed by atoms with E-state index in [1.54, 1.807) is 0 Å². The summed E-state index contributed by atoms with van der Waals surface area (Å²) in [5.41, 5.74) is 1.61. The summed E-state index contributed by atoms with van der Waals surface area (Å²) in [6.07, 6.45) is 2.26. The molecule has 0 radical (unpaired) electrons. The first kappa shape index (κ1) is 13.3. The van der Waals surface area contributed by atoms with Gasteiger partial charge in [-0.2, -0.15) is 0 Å². The van der Waals surface area contributed by atoms with Crippen molar-refractivity contribution in [1.82, 2.24) is 0 Å². The fourth-order valence-corrected chi connectivity index (χ4v) is 2.19. The van der Waals surface area contributed by atoms with Gasteiger partial charge < -0.3 is 4.74 Å². The van der Waals surface area contributed by atoms with Gasteiger partial charge in [-0.05, 0) is 18.3 Å². The summed E-state index contributed by atoms with van der Waals surface area (Å²) in [5, 5.41) is 0. The van der Waals surface area contributed by atoms with E-state index in [0.717, 1.165) is 0 Å². The lowest BCUT2D eigenvalue weighted by Crippen LogP contribution is -2.29. The smallest absolute Gasteiger partial charge is 0.308 e. The van der Waals surface area contributed by atoms with Crippen LogP contribution in [0.2, 0.25) is 0 Å². The van der Waals surface area contributed by atoms with Gasteiger partial charge in [0.2, 0.25) is 0 Å². The zero-order valence-corrected chi connectivity index (χ0v) is 11.3. The van der Waals surface area contributed by atoms with Crippen molar-refractivity contribution in [2.75, 3.05) is 6.61 Å². The Bertz CT molecular complexity index is 300. The van der Waals surface area contributed by atoms with Crippen LogP contribution >= 0.6 is 0 Å². The molecule has 0 amide bonds. The van der Waals surface area contributed by atoms with Gasteiger partial charge in [0.25, 0.3) is 0 Å². The van der Waals surface area contributed by atoms with Crippen molar-refractivity contribution in [3.05, 3.63) is 11.6 Å². The van der Waals surface area contributed by atoms with Crippen molar-refractivity contribution >= 4 is 5.97 Å². The number of hydrogen-bond donors (Lipinski definition) is 0. The molecular weight excluding hydrogens is 200 g/mol. The second-order valence-electron chi connectivity index (χ2n) is 5.84. The Balaban J connectivity index is 2.59. The molecule has 0 bridgehead atoms.